The topological polar surface area (TPSA) is 50.8 Å². The lowest BCUT2D eigenvalue weighted by Crippen LogP contribution is -2.41. The fourth-order valence-electron chi connectivity index (χ4n) is 2.84. The van der Waals surface area contributed by atoms with E-state index in [0.29, 0.717) is 19.3 Å². The summed E-state index contributed by atoms with van der Waals surface area (Å²) in [6.07, 6.45) is 0.989. The highest BCUT2D eigenvalue weighted by molar-refractivity contribution is 5.74. The van der Waals surface area contributed by atoms with E-state index in [4.69, 9.17) is 9.47 Å². The number of ether oxygens (including phenoxy) is 2. The van der Waals surface area contributed by atoms with Crippen LogP contribution < -0.4 is 14.8 Å². The van der Waals surface area contributed by atoms with Crippen molar-refractivity contribution in [2.45, 2.75) is 33.1 Å². The molecular formula is C17H24N2O3. The molecule has 1 aromatic rings. The molecule has 1 aromatic carbocycles. The predicted molar refractivity (Wildman–Crippen MR) is 84.3 cm³/mol. The molecule has 5 nitrogen and oxygen atoms in total. The van der Waals surface area contributed by atoms with Crippen LogP contribution in [0.2, 0.25) is 0 Å². The van der Waals surface area contributed by atoms with Crippen molar-refractivity contribution in [2.75, 3.05) is 26.4 Å². The number of benzene rings is 1. The summed E-state index contributed by atoms with van der Waals surface area (Å²) >= 11 is 0. The zero-order valence-corrected chi connectivity index (χ0v) is 13.5. The van der Waals surface area contributed by atoms with E-state index in [9.17, 15) is 4.79 Å². The Morgan fingerprint density at radius 3 is 2.86 bits per heavy atom. The Morgan fingerprint density at radius 1 is 1.32 bits per heavy atom. The van der Waals surface area contributed by atoms with E-state index in [-0.39, 0.29) is 11.4 Å². The van der Waals surface area contributed by atoms with Crippen molar-refractivity contribution in [1.29, 1.82) is 0 Å². The Bertz CT molecular complexity index is 566. The third-order valence-corrected chi connectivity index (χ3v) is 4.11. The molecule has 2 aliphatic heterocycles. The summed E-state index contributed by atoms with van der Waals surface area (Å²) in [7, 11) is 0. The fraction of sp³-hybridized carbons (Fsp3) is 0.588. The number of likely N-dealkylation sites (tertiary alicyclic amines) is 1. The first-order chi connectivity index (χ1) is 10.4. The van der Waals surface area contributed by atoms with Gasteiger partial charge in [-0.15, -0.1) is 0 Å². The van der Waals surface area contributed by atoms with Crippen LogP contribution in [0.5, 0.6) is 11.5 Å². The average Bonchev–Trinajstić information content (AvgIpc) is 3.11. The first kappa shape index (κ1) is 15.0. The normalized spacial score (nSPS) is 20.3. The molecule has 0 radical (unpaired) electrons. The zero-order valence-electron chi connectivity index (χ0n) is 13.5. The maximum absolute atomic E-state index is 12.2. The van der Waals surface area contributed by atoms with Crippen LogP contribution in [0.1, 0.15) is 38.7 Å². The third-order valence-electron chi connectivity index (χ3n) is 4.11. The van der Waals surface area contributed by atoms with Gasteiger partial charge >= 0.3 is 6.03 Å². The molecule has 1 unspecified atom stereocenters. The number of fused-ring (bicyclic) bond motifs is 1. The zero-order chi connectivity index (χ0) is 15.7. The van der Waals surface area contributed by atoms with Gasteiger partial charge in [-0.05, 0) is 29.5 Å². The quantitative estimate of drug-likeness (QED) is 0.914. The van der Waals surface area contributed by atoms with Gasteiger partial charge in [0.15, 0.2) is 11.5 Å². The van der Waals surface area contributed by atoms with Gasteiger partial charge in [-0.1, -0.05) is 26.8 Å². The summed E-state index contributed by atoms with van der Waals surface area (Å²) in [5, 5.41) is 3.02. The van der Waals surface area contributed by atoms with E-state index in [0.717, 1.165) is 31.0 Å². The minimum absolute atomic E-state index is 0.0400. The number of hydrogen-bond acceptors (Lipinski definition) is 3. The minimum Gasteiger partial charge on any atom is -0.454 e. The van der Waals surface area contributed by atoms with Crippen LogP contribution in [-0.4, -0.2) is 37.4 Å². The Morgan fingerprint density at radius 2 is 2.09 bits per heavy atom. The molecule has 0 aliphatic carbocycles. The molecular weight excluding hydrogens is 280 g/mol. The van der Waals surface area contributed by atoms with Crippen molar-refractivity contribution in [3.8, 4) is 11.5 Å². The van der Waals surface area contributed by atoms with Crippen LogP contribution in [0.25, 0.3) is 0 Å². The molecule has 0 saturated carbocycles. The van der Waals surface area contributed by atoms with Gasteiger partial charge in [-0.2, -0.15) is 0 Å². The molecule has 3 rings (SSSR count). The second-order valence-electron chi connectivity index (χ2n) is 7.26. The van der Waals surface area contributed by atoms with Crippen LogP contribution in [0.4, 0.5) is 4.79 Å². The molecule has 120 valence electrons. The maximum Gasteiger partial charge on any atom is 0.317 e. The van der Waals surface area contributed by atoms with Gasteiger partial charge in [-0.25, -0.2) is 4.79 Å². The SMILES string of the molecule is CC(C)(C)CNC(=O)N1CCC(c2ccc3c(c2)OCO3)C1. The van der Waals surface area contributed by atoms with E-state index in [1.54, 1.807) is 0 Å². The maximum atomic E-state index is 12.2. The van der Waals surface area contributed by atoms with Gasteiger partial charge in [0, 0.05) is 25.6 Å². The van der Waals surface area contributed by atoms with Crippen molar-refractivity contribution in [3.63, 3.8) is 0 Å². The average molecular weight is 304 g/mol. The summed E-state index contributed by atoms with van der Waals surface area (Å²) in [5.74, 6) is 1.99. The molecule has 0 bridgehead atoms. The van der Waals surface area contributed by atoms with Gasteiger partial charge in [0.2, 0.25) is 6.79 Å². The summed E-state index contributed by atoms with van der Waals surface area (Å²) in [5.41, 5.74) is 1.32. The molecule has 1 atom stereocenters. The first-order valence-electron chi connectivity index (χ1n) is 7.85. The lowest BCUT2D eigenvalue weighted by molar-refractivity contribution is 0.174. The molecule has 1 saturated heterocycles. The van der Waals surface area contributed by atoms with Crippen LogP contribution in [0.3, 0.4) is 0 Å². The fourth-order valence-corrected chi connectivity index (χ4v) is 2.84. The molecule has 5 heteroatoms. The van der Waals surface area contributed by atoms with Crippen LogP contribution >= 0.6 is 0 Å². The first-order valence-corrected chi connectivity index (χ1v) is 7.85. The van der Waals surface area contributed by atoms with E-state index < -0.39 is 0 Å². The molecule has 2 amide bonds. The van der Waals surface area contributed by atoms with Gasteiger partial charge in [0.05, 0.1) is 0 Å². The van der Waals surface area contributed by atoms with E-state index >= 15 is 0 Å². The lowest BCUT2D eigenvalue weighted by atomic mass is 9.97. The number of urea groups is 1. The third kappa shape index (κ3) is 3.29. The largest absolute Gasteiger partial charge is 0.454 e. The molecule has 1 fully saturated rings. The lowest BCUT2D eigenvalue weighted by Gasteiger charge is -2.23. The summed E-state index contributed by atoms with van der Waals surface area (Å²) in [6.45, 7) is 8.90. The van der Waals surface area contributed by atoms with E-state index in [1.165, 1.54) is 5.56 Å². The number of amides is 2. The van der Waals surface area contributed by atoms with Crippen molar-refractivity contribution in [3.05, 3.63) is 23.8 Å². The molecule has 1 N–H and O–H groups in total. The molecule has 0 aromatic heterocycles. The standard InChI is InChI=1S/C17H24N2O3/c1-17(2,3)10-18-16(20)19-7-6-13(9-19)12-4-5-14-15(8-12)22-11-21-14/h4-5,8,13H,6-7,9-11H2,1-3H3,(H,18,20). The van der Waals surface area contributed by atoms with Crippen LogP contribution in [0, 0.1) is 5.41 Å². The Hall–Kier alpha value is -1.91. The van der Waals surface area contributed by atoms with Crippen LogP contribution in [-0.2, 0) is 0 Å². The summed E-state index contributed by atoms with van der Waals surface area (Å²) in [6, 6.07) is 6.12. The van der Waals surface area contributed by atoms with E-state index in [1.807, 2.05) is 17.0 Å². The number of carbonyl (C=O) groups is 1. The smallest absolute Gasteiger partial charge is 0.317 e. The highest BCUT2D eigenvalue weighted by Crippen LogP contribution is 2.37. The summed E-state index contributed by atoms with van der Waals surface area (Å²) < 4.78 is 10.8. The number of rotatable bonds is 2. The van der Waals surface area contributed by atoms with Crippen molar-refractivity contribution in [1.82, 2.24) is 10.2 Å². The second kappa shape index (κ2) is 5.71. The Kier molecular flexibility index (Phi) is 3.89. The number of nitrogens with one attached hydrogen (secondary N) is 1. The van der Waals surface area contributed by atoms with E-state index in [2.05, 4.69) is 32.2 Å². The van der Waals surface area contributed by atoms with Crippen molar-refractivity contribution >= 4 is 6.03 Å². The van der Waals surface area contributed by atoms with Crippen molar-refractivity contribution in [2.24, 2.45) is 5.41 Å². The molecule has 2 heterocycles. The number of hydrogen-bond donors (Lipinski definition) is 1. The summed E-state index contributed by atoms with van der Waals surface area (Å²) in [4.78, 5) is 14.1. The molecule has 22 heavy (non-hydrogen) atoms. The van der Waals surface area contributed by atoms with Gasteiger partial charge in [0.1, 0.15) is 0 Å². The monoisotopic (exact) mass is 304 g/mol. The Balaban J connectivity index is 1.59. The van der Waals surface area contributed by atoms with Crippen molar-refractivity contribution < 1.29 is 14.3 Å². The minimum atomic E-state index is 0.0400. The second-order valence-corrected chi connectivity index (χ2v) is 7.26. The van der Waals surface area contributed by atoms with Gasteiger partial charge in [0.25, 0.3) is 0 Å². The number of carbonyl (C=O) groups excluding carboxylic acids is 1. The van der Waals surface area contributed by atoms with Crippen LogP contribution in [0.15, 0.2) is 18.2 Å². The van der Waals surface area contributed by atoms with Gasteiger partial charge < -0.3 is 19.7 Å². The predicted octanol–water partition coefficient (Wildman–Crippen LogP) is 2.96. The molecule has 0 spiro atoms. The Labute approximate surface area is 131 Å². The van der Waals surface area contributed by atoms with Gasteiger partial charge in [-0.3, -0.25) is 0 Å². The highest BCUT2D eigenvalue weighted by Gasteiger charge is 2.29. The molecule has 2 aliphatic rings. The number of nitrogens with zero attached hydrogens (tertiary/aromatic N) is 1. The highest BCUT2D eigenvalue weighted by atomic mass is 16.7.